The van der Waals surface area contributed by atoms with Crippen molar-refractivity contribution in [3.8, 4) is 0 Å². The van der Waals surface area contributed by atoms with Crippen molar-refractivity contribution in [3.63, 3.8) is 0 Å². The van der Waals surface area contributed by atoms with Gasteiger partial charge in [0.05, 0.1) is 19.1 Å². The molecule has 0 aromatic heterocycles. The van der Waals surface area contributed by atoms with E-state index >= 15 is 0 Å². The maximum Gasteiger partial charge on any atom is 0.312 e. The zero-order chi connectivity index (χ0) is 11.3. The van der Waals surface area contributed by atoms with E-state index in [9.17, 15) is 9.59 Å². The molecular formula is C11H18O4. The SMILES string of the molecule is CCOC(=O)C1(CCC(=O)OC)CCC1. The van der Waals surface area contributed by atoms with E-state index in [0.29, 0.717) is 19.4 Å². The van der Waals surface area contributed by atoms with Crippen LogP contribution in [0, 0.1) is 5.41 Å². The van der Waals surface area contributed by atoms with Gasteiger partial charge in [0.1, 0.15) is 0 Å². The Bertz CT molecular complexity index is 243. The summed E-state index contributed by atoms with van der Waals surface area (Å²) in [5, 5.41) is 0. The number of rotatable bonds is 5. The van der Waals surface area contributed by atoms with E-state index in [1.165, 1.54) is 7.11 Å². The molecule has 0 aliphatic heterocycles. The summed E-state index contributed by atoms with van der Waals surface area (Å²) >= 11 is 0. The van der Waals surface area contributed by atoms with Crippen molar-refractivity contribution < 1.29 is 19.1 Å². The number of methoxy groups -OCH3 is 1. The van der Waals surface area contributed by atoms with Gasteiger partial charge in [0.25, 0.3) is 0 Å². The van der Waals surface area contributed by atoms with Gasteiger partial charge in [-0.05, 0) is 26.2 Å². The number of esters is 2. The third-order valence-corrected chi connectivity index (χ3v) is 3.05. The van der Waals surface area contributed by atoms with Gasteiger partial charge in [0, 0.05) is 6.42 Å². The fourth-order valence-corrected chi connectivity index (χ4v) is 1.89. The second-order valence-electron chi connectivity index (χ2n) is 3.93. The summed E-state index contributed by atoms with van der Waals surface area (Å²) in [6.07, 6.45) is 3.57. The van der Waals surface area contributed by atoms with Crippen LogP contribution in [0.4, 0.5) is 0 Å². The lowest BCUT2D eigenvalue weighted by Crippen LogP contribution is -2.39. The van der Waals surface area contributed by atoms with Crippen LogP contribution in [0.2, 0.25) is 0 Å². The molecule has 1 rings (SSSR count). The van der Waals surface area contributed by atoms with E-state index in [1.54, 1.807) is 6.92 Å². The van der Waals surface area contributed by atoms with Crippen molar-refractivity contribution >= 4 is 11.9 Å². The van der Waals surface area contributed by atoms with Crippen LogP contribution in [-0.2, 0) is 19.1 Å². The third-order valence-electron chi connectivity index (χ3n) is 3.05. The molecule has 1 aliphatic rings. The lowest BCUT2D eigenvalue weighted by molar-refractivity contribution is -0.162. The Hall–Kier alpha value is -1.06. The molecule has 0 radical (unpaired) electrons. The average molecular weight is 214 g/mol. The second kappa shape index (κ2) is 5.14. The molecule has 15 heavy (non-hydrogen) atoms. The number of carbonyl (C=O) groups is 2. The maximum atomic E-state index is 11.7. The molecule has 4 heteroatoms. The molecule has 1 saturated carbocycles. The van der Waals surface area contributed by atoms with Crippen LogP contribution in [0.25, 0.3) is 0 Å². The van der Waals surface area contributed by atoms with E-state index in [1.807, 2.05) is 0 Å². The predicted molar refractivity (Wildman–Crippen MR) is 54.2 cm³/mol. The van der Waals surface area contributed by atoms with Crippen molar-refractivity contribution in [1.29, 1.82) is 0 Å². The largest absolute Gasteiger partial charge is 0.469 e. The fourth-order valence-electron chi connectivity index (χ4n) is 1.89. The van der Waals surface area contributed by atoms with Crippen LogP contribution in [0.3, 0.4) is 0 Å². The molecule has 1 aliphatic carbocycles. The van der Waals surface area contributed by atoms with Crippen molar-refractivity contribution in [3.05, 3.63) is 0 Å². The summed E-state index contributed by atoms with van der Waals surface area (Å²) in [4.78, 5) is 22.7. The van der Waals surface area contributed by atoms with Crippen molar-refractivity contribution in [2.75, 3.05) is 13.7 Å². The van der Waals surface area contributed by atoms with Gasteiger partial charge in [0.2, 0.25) is 0 Å². The molecule has 0 saturated heterocycles. The molecule has 0 atom stereocenters. The summed E-state index contributed by atoms with van der Waals surface area (Å²) in [6, 6.07) is 0. The highest BCUT2D eigenvalue weighted by Gasteiger charge is 2.45. The molecular weight excluding hydrogens is 196 g/mol. The molecule has 0 unspecified atom stereocenters. The number of hydrogen-bond donors (Lipinski definition) is 0. The summed E-state index contributed by atoms with van der Waals surface area (Å²) < 4.78 is 9.59. The van der Waals surface area contributed by atoms with Gasteiger partial charge >= 0.3 is 11.9 Å². The van der Waals surface area contributed by atoms with Gasteiger partial charge < -0.3 is 9.47 Å². The topological polar surface area (TPSA) is 52.6 Å². The van der Waals surface area contributed by atoms with E-state index in [0.717, 1.165) is 19.3 Å². The fraction of sp³-hybridized carbons (Fsp3) is 0.818. The molecule has 4 nitrogen and oxygen atoms in total. The van der Waals surface area contributed by atoms with Crippen LogP contribution in [0.5, 0.6) is 0 Å². The highest BCUT2D eigenvalue weighted by atomic mass is 16.5. The molecule has 0 aromatic carbocycles. The summed E-state index contributed by atoms with van der Waals surface area (Å²) in [5.41, 5.74) is -0.399. The average Bonchev–Trinajstić information content (AvgIpc) is 2.16. The Kier molecular flexibility index (Phi) is 4.12. The van der Waals surface area contributed by atoms with Gasteiger partial charge in [-0.15, -0.1) is 0 Å². The normalized spacial score (nSPS) is 17.7. The molecule has 0 heterocycles. The smallest absolute Gasteiger partial charge is 0.312 e. The molecule has 1 fully saturated rings. The lowest BCUT2D eigenvalue weighted by atomic mass is 9.66. The van der Waals surface area contributed by atoms with Gasteiger partial charge in [-0.3, -0.25) is 9.59 Å². The van der Waals surface area contributed by atoms with Gasteiger partial charge in [-0.1, -0.05) is 6.42 Å². The maximum absolute atomic E-state index is 11.7. The van der Waals surface area contributed by atoms with Crippen molar-refractivity contribution in [2.24, 2.45) is 5.41 Å². The van der Waals surface area contributed by atoms with Crippen molar-refractivity contribution in [2.45, 2.75) is 39.0 Å². The monoisotopic (exact) mass is 214 g/mol. The first kappa shape index (κ1) is 12.0. The predicted octanol–water partition coefficient (Wildman–Crippen LogP) is 1.67. The quantitative estimate of drug-likeness (QED) is 0.653. The first-order valence-corrected chi connectivity index (χ1v) is 5.38. The summed E-state index contributed by atoms with van der Waals surface area (Å²) in [6.45, 7) is 2.20. The van der Waals surface area contributed by atoms with E-state index in [2.05, 4.69) is 4.74 Å². The molecule has 0 N–H and O–H groups in total. The Balaban J connectivity index is 2.46. The highest BCUT2D eigenvalue weighted by Crippen LogP contribution is 2.45. The highest BCUT2D eigenvalue weighted by molar-refractivity contribution is 5.79. The Morgan fingerprint density at radius 1 is 1.33 bits per heavy atom. The minimum Gasteiger partial charge on any atom is -0.469 e. The third kappa shape index (κ3) is 2.70. The number of carbonyl (C=O) groups excluding carboxylic acids is 2. The lowest BCUT2D eigenvalue weighted by Gasteiger charge is -2.38. The molecule has 0 spiro atoms. The van der Waals surface area contributed by atoms with Crippen LogP contribution in [0.1, 0.15) is 39.0 Å². The molecule has 0 aromatic rings. The zero-order valence-electron chi connectivity index (χ0n) is 9.38. The Labute approximate surface area is 89.9 Å². The van der Waals surface area contributed by atoms with Gasteiger partial charge in [-0.25, -0.2) is 0 Å². The van der Waals surface area contributed by atoms with Gasteiger partial charge in [-0.2, -0.15) is 0 Å². The number of hydrogen-bond acceptors (Lipinski definition) is 4. The van der Waals surface area contributed by atoms with Crippen molar-refractivity contribution in [1.82, 2.24) is 0 Å². The minimum absolute atomic E-state index is 0.153. The Morgan fingerprint density at radius 3 is 2.40 bits per heavy atom. The number of ether oxygens (including phenoxy) is 2. The van der Waals surface area contributed by atoms with E-state index < -0.39 is 5.41 Å². The first-order chi connectivity index (χ1) is 7.14. The Morgan fingerprint density at radius 2 is 2.00 bits per heavy atom. The standard InChI is InChI=1S/C11H18O4/c1-3-15-10(13)11(6-4-7-11)8-5-9(12)14-2/h3-8H2,1-2H3. The second-order valence-corrected chi connectivity index (χ2v) is 3.93. The molecule has 0 amide bonds. The van der Waals surface area contributed by atoms with Crippen LogP contribution in [-0.4, -0.2) is 25.7 Å². The molecule has 0 bridgehead atoms. The first-order valence-electron chi connectivity index (χ1n) is 5.38. The van der Waals surface area contributed by atoms with Gasteiger partial charge in [0.15, 0.2) is 0 Å². The molecule has 86 valence electrons. The van der Waals surface area contributed by atoms with Crippen LogP contribution < -0.4 is 0 Å². The summed E-state index contributed by atoms with van der Waals surface area (Å²) in [5.74, 6) is -0.411. The zero-order valence-corrected chi connectivity index (χ0v) is 9.38. The van der Waals surface area contributed by atoms with Crippen LogP contribution in [0.15, 0.2) is 0 Å². The summed E-state index contributed by atoms with van der Waals surface area (Å²) in [7, 11) is 1.36. The minimum atomic E-state index is -0.399. The van der Waals surface area contributed by atoms with Crippen LogP contribution >= 0.6 is 0 Å². The van der Waals surface area contributed by atoms with E-state index in [4.69, 9.17) is 4.74 Å². The van der Waals surface area contributed by atoms with E-state index in [-0.39, 0.29) is 11.9 Å².